The molecule has 4 heteroatoms. The molecule has 1 unspecified atom stereocenters. The third-order valence-electron chi connectivity index (χ3n) is 2.11. The van der Waals surface area contributed by atoms with E-state index in [0.717, 1.165) is 17.0 Å². The number of rotatable bonds is 3. The van der Waals surface area contributed by atoms with Crippen molar-refractivity contribution in [1.82, 2.24) is 9.78 Å². The third kappa shape index (κ3) is 1.71. The van der Waals surface area contributed by atoms with Crippen molar-refractivity contribution < 1.29 is 5.11 Å². The van der Waals surface area contributed by atoms with E-state index < -0.39 is 6.10 Å². The standard InChI is InChI=1S/C10H12N2OS/c1-2-12-7-8(6-11-12)10(13)9-4-3-5-14-9/h3-7,10,13H,2H2,1H3. The van der Waals surface area contributed by atoms with Crippen LogP contribution in [0.2, 0.25) is 0 Å². The minimum absolute atomic E-state index is 0.532. The Morgan fingerprint density at radius 3 is 3.07 bits per heavy atom. The molecule has 0 bridgehead atoms. The minimum atomic E-state index is -0.532. The fraction of sp³-hybridized carbons (Fsp3) is 0.300. The van der Waals surface area contributed by atoms with Crippen LogP contribution >= 0.6 is 11.3 Å². The van der Waals surface area contributed by atoms with Crippen molar-refractivity contribution in [2.45, 2.75) is 19.6 Å². The van der Waals surface area contributed by atoms with E-state index in [2.05, 4.69) is 5.10 Å². The Morgan fingerprint density at radius 2 is 2.50 bits per heavy atom. The van der Waals surface area contributed by atoms with Gasteiger partial charge >= 0.3 is 0 Å². The van der Waals surface area contributed by atoms with Gasteiger partial charge in [0.1, 0.15) is 6.10 Å². The van der Waals surface area contributed by atoms with E-state index in [1.165, 1.54) is 0 Å². The van der Waals surface area contributed by atoms with Gasteiger partial charge in [-0.1, -0.05) is 6.07 Å². The summed E-state index contributed by atoms with van der Waals surface area (Å²) in [7, 11) is 0. The first-order chi connectivity index (χ1) is 6.81. The number of nitrogens with zero attached hydrogens (tertiary/aromatic N) is 2. The summed E-state index contributed by atoms with van der Waals surface area (Å²) in [5, 5.41) is 16.0. The average molecular weight is 208 g/mol. The van der Waals surface area contributed by atoms with Crippen molar-refractivity contribution in [3.63, 3.8) is 0 Å². The second kappa shape index (κ2) is 3.94. The Hall–Kier alpha value is -1.13. The van der Waals surface area contributed by atoms with Crippen LogP contribution in [0.5, 0.6) is 0 Å². The predicted molar refractivity (Wildman–Crippen MR) is 56.3 cm³/mol. The van der Waals surface area contributed by atoms with Crippen LogP contribution in [-0.4, -0.2) is 14.9 Å². The van der Waals surface area contributed by atoms with Crippen molar-refractivity contribution in [2.75, 3.05) is 0 Å². The van der Waals surface area contributed by atoms with Crippen molar-refractivity contribution in [2.24, 2.45) is 0 Å². The number of aromatic nitrogens is 2. The highest BCUT2D eigenvalue weighted by Gasteiger charge is 2.12. The van der Waals surface area contributed by atoms with Gasteiger partial charge in [0.05, 0.1) is 6.20 Å². The van der Waals surface area contributed by atoms with Crippen LogP contribution in [0.25, 0.3) is 0 Å². The number of hydrogen-bond donors (Lipinski definition) is 1. The Labute approximate surface area is 86.6 Å². The monoisotopic (exact) mass is 208 g/mol. The lowest BCUT2D eigenvalue weighted by Crippen LogP contribution is -1.96. The summed E-state index contributed by atoms with van der Waals surface area (Å²) in [5.41, 5.74) is 0.856. The molecule has 3 nitrogen and oxygen atoms in total. The highest BCUT2D eigenvalue weighted by molar-refractivity contribution is 7.10. The maximum Gasteiger partial charge on any atom is 0.116 e. The van der Waals surface area contributed by atoms with Gasteiger partial charge in [-0.25, -0.2) is 0 Å². The molecule has 0 aliphatic heterocycles. The number of aryl methyl sites for hydroxylation is 1. The smallest absolute Gasteiger partial charge is 0.116 e. The minimum Gasteiger partial charge on any atom is -0.383 e. The zero-order chi connectivity index (χ0) is 9.97. The molecule has 2 aromatic heterocycles. The van der Waals surface area contributed by atoms with E-state index in [0.29, 0.717) is 0 Å². The molecule has 0 aliphatic carbocycles. The fourth-order valence-corrected chi connectivity index (χ4v) is 2.04. The first-order valence-corrected chi connectivity index (χ1v) is 5.43. The summed E-state index contributed by atoms with van der Waals surface area (Å²) in [5.74, 6) is 0. The summed E-state index contributed by atoms with van der Waals surface area (Å²) < 4.78 is 1.81. The van der Waals surface area contributed by atoms with Gasteiger partial charge in [0.2, 0.25) is 0 Å². The van der Waals surface area contributed by atoms with E-state index in [1.54, 1.807) is 17.5 Å². The highest BCUT2D eigenvalue weighted by Crippen LogP contribution is 2.24. The number of thiophene rings is 1. The molecule has 0 amide bonds. The second-order valence-corrected chi connectivity index (χ2v) is 4.03. The van der Waals surface area contributed by atoms with Gasteiger partial charge in [-0.2, -0.15) is 5.10 Å². The van der Waals surface area contributed by atoms with Crippen molar-refractivity contribution >= 4 is 11.3 Å². The van der Waals surface area contributed by atoms with Crippen molar-refractivity contribution in [1.29, 1.82) is 0 Å². The number of aliphatic hydroxyl groups is 1. The Balaban J connectivity index is 2.23. The lowest BCUT2D eigenvalue weighted by atomic mass is 10.2. The van der Waals surface area contributed by atoms with Gasteiger partial charge in [-0.15, -0.1) is 11.3 Å². The second-order valence-electron chi connectivity index (χ2n) is 3.05. The quantitative estimate of drug-likeness (QED) is 0.838. The van der Waals surface area contributed by atoms with Gasteiger partial charge in [0, 0.05) is 23.2 Å². The third-order valence-corrected chi connectivity index (χ3v) is 3.03. The Bertz CT molecular complexity index is 394. The Morgan fingerprint density at radius 1 is 1.64 bits per heavy atom. The van der Waals surface area contributed by atoms with Crippen LogP contribution in [0.15, 0.2) is 29.9 Å². The maximum atomic E-state index is 9.95. The molecule has 0 saturated carbocycles. The summed E-state index contributed by atoms with van der Waals surface area (Å²) in [6, 6.07) is 3.87. The summed E-state index contributed by atoms with van der Waals surface area (Å²) >= 11 is 1.56. The van der Waals surface area contributed by atoms with E-state index in [-0.39, 0.29) is 0 Å². The largest absolute Gasteiger partial charge is 0.383 e. The molecule has 0 fully saturated rings. The zero-order valence-electron chi connectivity index (χ0n) is 7.92. The molecule has 2 rings (SSSR count). The molecule has 0 saturated heterocycles. The zero-order valence-corrected chi connectivity index (χ0v) is 8.74. The molecule has 14 heavy (non-hydrogen) atoms. The number of aliphatic hydroxyl groups excluding tert-OH is 1. The molecule has 1 atom stereocenters. The molecule has 0 spiro atoms. The molecule has 2 heterocycles. The fourth-order valence-electron chi connectivity index (χ4n) is 1.30. The molecule has 2 aromatic rings. The molecular formula is C10H12N2OS. The van der Waals surface area contributed by atoms with Crippen LogP contribution < -0.4 is 0 Å². The van der Waals surface area contributed by atoms with Gasteiger partial charge in [0.15, 0.2) is 0 Å². The van der Waals surface area contributed by atoms with E-state index >= 15 is 0 Å². The van der Waals surface area contributed by atoms with E-state index in [9.17, 15) is 5.11 Å². The first-order valence-electron chi connectivity index (χ1n) is 4.55. The van der Waals surface area contributed by atoms with Gasteiger partial charge < -0.3 is 5.11 Å². The summed E-state index contributed by atoms with van der Waals surface area (Å²) in [6.45, 7) is 2.85. The molecule has 1 N–H and O–H groups in total. The average Bonchev–Trinajstić information content (AvgIpc) is 2.88. The van der Waals surface area contributed by atoms with Crippen LogP contribution in [-0.2, 0) is 6.54 Å². The SMILES string of the molecule is CCn1cc(C(O)c2cccs2)cn1. The Kier molecular flexibility index (Phi) is 2.65. The van der Waals surface area contributed by atoms with Gasteiger partial charge in [-0.3, -0.25) is 4.68 Å². The molecule has 74 valence electrons. The van der Waals surface area contributed by atoms with Crippen LogP contribution in [0.1, 0.15) is 23.5 Å². The predicted octanol–water partition coefficient (Wildman–Crippen LogP) is 2.05. The molecule has 0 aromatic carbocycles. The van der Waals surface area contributed by atoms with Crippen LogP contribution in [0.4, 0.5) is 0 Å². The van der Waals surface area contributed by atoms with Crippen LogP contribution in [0, 0.1) is 0 Å². The lowest BCUT2D eigenvalue weighted by Gasteiger charge is -2.04. The van der Waals surface area contributed by atoms with Crippen LogP contribution in [0.3, 0.4) is 0 Å². The number of hydrogen-bond acceptors (Lipinski definition) is 3. The van der Waals surface area contributed by atoms with Crippen molar-refractivity contribution in [3.05, 3.63) is 40.3 Å². The summed E-state index contributed by atoms with van der Waals surface area (Å²) in [6.07, 6.45) is 3.06. The summed E-state index contributed by atoms with van der Waals surface area (Å²) in [4.78, 5) is 0.959. The maximum absolute atomic E-state index is 9.95. The van der Waals surface area contributed by atoms with E-state index in [4.69, 9.17) is 0 Å². The molecular weight excluding hydrogens is 196 g/mol. The lowest BCUT2D eigenvalue weighted by molar-refractivity contribution is 0.224. The van der Waals surface area contributed by atoms with Gasteiger partial charge in [-0.05, 0) is 18.4 Å². The van der Waals surface area contributed by atoms with E-state index in [1.807, 2.05) is 35.3 Å². The van der Waals surface area contributed by atoms with Gasteiger partial charge in [0.25, 0.3) is 0 Å². The highest BCUT2D eigenvalue weighted by atomic mass is 32.1. The van der Waals surface area contributed by atoms with Crippen molar-refractivity contribution in [3.8, 4) is 0 Å². The topological polar surface area (TPSA) is 38.0 Å². The molecule has 0 radical (unpaired) electrons. The normalized spacial score (nSPS) is 13.0. The molecule has 0 aliphatic rings. The first kappa shape index (κ1) is 9.43.